The Kier molecular flexibility index (Phi) is 4.49. The van der Waals surface area contributed by atoms with Crippen molar-refractivity contribution >= 4 is 0 Å². The summed E-state index contributed by atoms with van der Waals surface area (Å²) < 4.78 is 59.5. The van der Waals surface area contributed by atoms with Crippen LogP contribution in [0.1, 0.15) is 76.0 Å². The molecule has 0 amide bonds. The van der Waals surface area contributed by atoms with E-state index in [9.17, 15) is 14.6 Å². The number of aryl methyl sites for hydroxylation is 1. The highest BCUT2D eigenvalue weighted by atomic mass is 18.2. The van der Waals surface area contributed by atoms with E-state index in [2.05, 4.69) is 18.7 Å². The summed E-state index contributed by atoms with van der Waals surface area (Å²) in [6.45, 7) is 1.64. The summed E-state index contributed by atoms with van der Waals surface area (Å²) in [5.74, 6) is 0.716. The second-order valence-corrected chi connectivity index (χ2v) is 8.00. The van der Waals surface area contributed by atoms with E-state index in [-0.39, 0.29) is 12.0 Å². The second-order valence-electron chi connectivity index (χ2n) is 8.00. The topological polar surface area (TPSA) is 43.7 Å². The third kappa shape index (κ3) is 4.29. The molecule has 3 rings (SSSR count). The average Bonchev–Trinajstić information content (AvgIpc) is 2.66. The molecule has 2 heterocycles. The third-order valence-electron chi connectivity index (χ3n) is 5.77. The molecule has 146 valence electrons. The van der Waals surface area contributed by atoms with Gasteiger partial charge in [0.15, 0.2) is 0 Å². The number of hydrogen-bond donors (Lipinski definition) is 2. The SMILES string of the molecule is [2H]C([2H])([18F])C([2H])([2H])C([2H])([2H])Cc1cc2c(cc1CO)[C@H]1C[C@@H](O)[C@H](CC(C)C)CN1CC2. The first-order valence-electron chi connectivity index (χ1n) is 12.5. The standard InChI is InChI=1S/C22H34FNO2/c1-15(2)9-18-13-24-8-6-17-10-16(5-3-4-7-23)19(14-25)11-20(17)21(24)12-22(18)26/h10-11,15,18,21-22,25-26H,3-9,12-14H2,1-2H3/t18-,21-,22-/m1/s1/i3D2,4D2,7D2,23-1. The minimum atomic E-state index is -3.85. The lowest BCUT2D eigenvalue weighted by atomic mass is 9.78. The van der Waals surface area contributed by atoms with Gasteiger partial charge in [-0.25, -0.2) is 0 Å². The van der Waals surface area contributed by atoms with E-state index in [0.717, 1.165) is 30.6 Å². The maximum absolute atomic E-state index is 13.8. The van der Waals surface area contributed by atoms with Crippen molar-refractivity contribution in [1.82, 2.24) is 4.90 Å². The van der Waals surface area contributed by atoms with E-state index < -0.39 is 38.5 Å². The molecule has 2 N–H and O–H groups in total. The van der Waals surface area contributed by atoms with Crippen LogP contribution in [0.25, 0.3) is 0 Å². The lowest BCUT2D eigenvalue weighted by Gasteiger charge is -2.46. The molecule has 0 aliphatic carbocycles. The Bertz CT molecular complexity index is 829. The molecule has 0 spiro atoms. The zero-order chi connectivity index (χ0) is 24.1. The Balaban J connectivity index is 1.90. The van der Waals surface area contributed by atoms with E-state index in [1.54, 1.807) is 12.1 Å². The number of halogens is 1. The van der Waals surface area contributed by atoms with Gasteiger partial charge in [-0.1, -0.05) is 26.0 Å². The zero-order valence-corrected chi connectivity index (χ0v) is 15.6. The number of aliphatic hydroxyl groups excluding tert-OH is 2. The maximum atomic E-state index is 13.8. The largest absolute Gasteiger partial charge is 0.393 e. The molecule has 0 unspecified atom stereocenters. The van der Waals surface area contributed by atoms with Crippen LogP contribution in [0.2, 0.25) is 0 Å². The Morgan fingerprint density at radius 2 is 2.12 bits per heavy atom. The molecular formula is C22H34FNO2. The first-order valence-corrected chi connectivity index (χ1v) is 9.54. The normalized spacial score (nSPS) is 31.1. The van der Waals surface area contributed by atoms with Crippen molar-refractivity contribution in [3.63, 3.8) is 0 Å². The molecule has 1 aromatic carbocycles. The number of hydrogen-bond acceptors (Lipinski definition) is 3. The van der Waals surface area contributed by atoms with Crippen LogP contribution in [-0.4, -0.2) is 40.9 Å². The van der Waals surface area contributed by atoms with Crippen molar-refractivity contribution in [2.24, 2.45) is 11.8 Å². The first-order chi connectivity index (χ1) is 14.7. The van der Waals surface area contributed by atoms with Gasteiger partial charge in [0.1, 0.15) is 0 Å². The van der Waals surface area contributed by atoms with Crippen molar-refractivity contribution in [2.75, 3.05) is 19.7 Å². The summed E-state index contributed by atoms with van der Waals surface area (Å²) in [5, 5.41) is 20.7. The van der Waals surface area contributed by atoms with E-state index in [0.29, 0.717) is 29.9 Å². The van der Waals surface area contributed by atoms with Crippen LogP contribution < -0.4 is 0 Å². The lowest BCUT2D eigenvalue weighted by Crippen LogP contribution is -2.48. The van der Waals surface area contributed by atoms with Gasteiger partial charge in [0.25, 0.3) is 0 Å². The molecule has 2 aliphatic heterocycles. The van der Waals surface area contributed by atoms with Crippen LogP contribution in [0.15, 0.2) is 12.1 Å². The summed E-state index contributed by atoms with van der Waals surface area (Å²) in [4.78, 5) is 2.36. The zero-order valence-electron chi connectivity index (χ0n) is 21.6. The Morgan fingerprint density at radius 1 is 1.31 bits per heavy atom. The summed E-state index contributed by atoms with van der Waals surface area (Å²) >= 11 is 0. The van der Waals surface area contributed by atoms with Crippen LogP contribution in [0.5, 0.6) is 0 Å². The monoisotopic (exact) mass is 368 g/mol. The van der Waals surface area contributed by atoms with Crippen molar-refractivity contribution in [3.05, 3.63) is 34.4 Å². The summed E-state index contributed by atoms with van der Waals surface area (Å²) in [5.41, 5.74) is 2.71. The Hall–Kier alpha value is -0.970. The predicted molar refractivity (Wildman–Crippen MR) is 103 cm³/mol. The lowest BCUT2D eigenvalue weighted by molar-refractivity contribution is -0.0191. The first kappa shape index (κ1) is 13.2. The maximum Gasteiger partial charge on any atom is 0.0894 e. The van der Waals surface area contributed by atoms with Gasteiger partial charge in [0.05, 0.1) is 22.1 Å². The van der Waals surface area contributed by atoms with E-state index in [4.69, 9.17) is 8.22 Å². The Morgan fingerprint density at radius 3 is 2.81 bits per heavy atom. The molecule has 1 aromatic rings. The number of alkyl halides is 1. The van der Waals surface area contributed by atoms with Crippen LogP contribution in [0, 0.1) is 11.8 Å². The van der Waals surface area contributed by atoms with E-state index >= 15 is 0 Å². The fourth-order valence-corrected chi connectivity index (χ4v) is 4.56. The minimum Gasteiger partial charge on any atom is -0.393 e. The van der Waals surface area contributed by atoms with Gasteiger partial charge >= 0.3 is 0 Å². The van der Waals surface area contributed by atoms with Crippen LogP contribution >= 0.6 is 0 Å². The van der Waals surface area contributed by atoms with Gasteiger partial charge in [-0.3, -0.25) is 9.29 Å². The highest BCUT2D eigenvalue weighted by Crippen LogP contribution is 2.41. The average molecular weight is 369 g/mol. The number of nitrogens with zero attached hydrogens (tertiary/aromatic N) is 1. The van der Waals surface area contributed by atoms with Crippen molar-refractivity contribution in [3.8, 4) is 0 Å². The molecule has 3 nitrogen and oxygen atoms in total. The molecule has 0 bridgehead atoms. The van der Waals surface area contributed by atoms with E-state index in [1.165, 1.54) is 0 Å². The number of rotatable bonds is 7. The van der Waals surface area contributed by atoms with Crippen molar-refractivity contribution in [2.45, 2.75) is 71.0 Å². The third-order valence-corrected chi connectivity index (χ3v) is 5.77. The number of fused-ring (bicyclic) bond motifs is 3. The molecule has 2 aliphatic rings. The van der Waals surface area contributed by atoms with Crippen LogP contribution in [-0.2, 0) is 19.4 Å². The summed E-state index contributed by atoms with van der Waals surface area (Å²) in [6.07, 6.45) is -4.92. The van der Waals surface area contributed by atoms with E-state index in [1.807, 2.05) is 0 Å². The van der Waals surface area contributed by atoms with Gasteiger partial charge < -0.3 is 10.2 Å². The smallest absolute Gasteiger partial charge is 0.0894 e. The number of benzene rings is 1. The molecule has 3 atom stereocenters. The molecular weight excluding hydrogens is 328 g/mol. The minimum absolute atomic E-state index is 0.000288. The van der Waals surface area contributed by atoms with Crippen LogP contribution in [0.3, 0.4) is 0 Å². The second kappa shape index (κ2) is 8.81. The van der Waals surface area contributed by atoms with Gasteiger partial charge in [0.2, 0.25) is 0 Å². The van der Waals surface area contributed by atoms with Gasteiger partial charge in [-0.05, 0) is 72.5 Å². The quantitative estimate of drug-likeness (QED) is 0.769. The fourth-order valence-electron chi connectivity index (χ4n) is 4.56. The van der Waals surface area contributed by atoms with Crippen molar-refractivity contribution in [1.29, 1.82) is 0 Å². The highest BCUT2D eigenvalue weighted by molar-refractivity contribution is 5.42. The molecule has 1 fully saturated rings. The molecule has 0 radical (unpaired) electrons. The van der Waals surface area contributed by atoms with Crippen LogP contribution in [0.4, 0.5) is 4.39 Å². The van der Waals surface area contributed by atoms with Gasteiger partial charge in [-0.2, -0.15) is 0 Å². The Labute approximate surface area is 165 Å². The summed E-state index contributed by atoms with van der Waals surface area (Å²) in [6, 6.07) is 3.54. The molecule has 26 heavy (non-hydrogen) atoms. The number of aliphatic hydroxyl groups is 2. The summed E-state index contributed by atoms with van der Waals surface area (Å²) in [7, 11) is 0. The molecule has 4 heteroatoms. The fraction of sp³-hybridized carbons (Fsp3) is 0.727. The van der Waals surface area contributed by atoms with Gasteiger partial charge in [-0.15, -0.1) is 0 Å². The highest BCUT2D eigenvalue weighted by Gasteiger charge is 2.38. The molecule has 1 saturated heterocycles. The number of piperidine rings is 1. The molecule has 0 aromatic heterocycles. The van der Waals surface area contributed by atoms with Crippen molar-refractivity contribution < 1.29 is 22.8 Å². The van der Waals surface area contributed by atoms with Gasteiger partial charge in [0, 0.05) is 24.6 Å². The molecule has 0 saturated carbocycles. The predicted octanol–water partition coefficient (Wildman–Crippen LogP) is 3.80.